The molecule has 3 heteroatoms. The molecule has 0 radical (unpaired) electrons. The number of carbonyl (C=O) groups excluding carboxylic acids is 1. The lowest BCUT2D eigenvalue weighted by molar-refractivity contribution is 0.0976. The first-order valence-corrected chi connectivity index (χ1v) is 4.79. The van der Waals surface area contributed by atoms with E-state index in [-0.39, 0.29) is 13.2 Å². The average molecular weight is 199 g/mol. The minimum Gasteiger partial charge on any atom is -0.309 e. The van der Waals surface area contributed by atoms with E-state index >= 15 is 0 Å². The topological polar surface area (TPSA) is 20.3 Å². The van der Waals surface area contributed by atoms with Crippen LogP contribution in [0.5, 0.6) is 0 Å². The van der Waals surface area contributed by atoms with E-state index in [0.717, 1.165) is 11.4 Å². The summed E-state index contributed by atoms with van der Waals surface area (Å²) in [7, 11) is 3.95. The second-order valence-electron chi connectivity index (χ2n) is 2.95. The Morgan fingerprint density at radius 1 is 1.54 bits per heavy atom. The van der Waals surface area contributed by atoms with Gasteiger partial charge in [-0.3, -0.25) is 4.79 Å². The zero-order valence-electron chi connectivity index (χ0n) is 7.41. The quantitative estimate of drug-likeness (QED) is 0.694. The van der Waals surface area contributed by atoms with Crippen molar-refractivity contribution >= 4 is 17.1 Å². The molecule has 0 spiro atoms. The van der Waals surface area contributed by atoms with Gasteiger partial charge in [0.2, 0.25) is 0 Å². The van der Waals surface area contributed by atoms with Crippen LogP contribution >= 0.6 is 11.3 Å². The maximum atomic E-state index is 11.4. The summed E-state index contributed by atoms with van der Waals surface area (Å²) in [6, 6.07) is 3.79. The van der Waals surface area contributed by atoms with Crippen LogP contribution in [-0.2, 0) is 0 Å². The fraction of sp³-hybridized carbons (Fsp3) is 0.500. The van der Waals surface area contributed by atoms with Gasteiger partial charge in [-0.25, -0.2) is 0 Å². The maximum absolute atomic E-state index is 11.4. The summed E-state index contributed by atoms with van der Waals surface area (Å²) in [5, 5.41) is 1.93. The third-order valence-electron chi connectivity index (χ3n) is 1.58. The van der Waals surface area contributed by atoms with Crippen LogP contribution in [0.25, 0.3) is 0 Å². The second kappa shape index (κ2) is 5.89. The molecule has 0 saturated carbocycles. The number of hydrogen-bond donors (Lipinski definition) is 0. The molecule has 0 unspecified atom stereocenters. The zero-order valence-corrected chi connectivity index (χ0v) is 8.23. The summed E-state index contributed by atoms with van der Waals surface area (Å²) in [6.07, 6.45) is 0.619. The van der Waals surface area contributed by atoms with Crippen LogP contribution in [0.1, 0.15) is 23.5 Å². The molecule has 0 aromatic carbocycles. The van der Waals surface area contributed by atoms with Crippen molar-refractivity contribution in [2.45, 2.75) is 13.8 Å². The van der Waals surface area contributed by atoms with Gasteiger partial charge in [0, 0.05) is 13.0 Å². The van der Waals surface area contributed by atoms with Crippen LogP contribution in [0.15, 0.2) is 17.5 Å². The van der Waals surface area contributed by atoms with Gasteiger partial charge in [-0.15, -0.1) is 11.3 Å². The first-order chi connectivity index (χ1) is 5.70. The molecule has 0 bridgehead atoms. The van der Waals surface area contributed by atoms with E-state index in [1.54, 1.807) is 0 Å². The highest BCUT2D eigenvalue weighted by atomic mass is 32.1. The van der Waals surface area contributed by atoms with Crippen molar-refractivity contribution in [2.24, 2.45) is 0 Å². The van der Waals surface area contributed by atoms with E-state index in [0.29, 0.717) is 6.42 Å². The standard InChI is InChI=1S/C9H13NOS.CH4/c1-10(2)6-5-8(11)9-4-3-7-12-9;/h3-4,7H,5-6H2,1-2H3;1H4. The number of carbonyl (C=O) groups is 1. The van der Waals surface area contributed by atoms with Gasteiger partial charge in [-0.05, 0) is 25.5 Å². The van der Waals surface area contributed by atoms with Crippen LogP contribution in [0.2, 0.25) is 0 Å². The SMILES string of the molecule is C.CN(C)CCC(=O)c1cccs1. The summed E-state index contributed by atoms with van der Waals surface area (Å²) in [4.78, 5) is 14.3. The molecule has 1 aromatic heterocycles. The molecule has 1 aromatic rings. The Hall–Kier alpha value is -0.670. The highest BCUT2D eigenvalue weighted by Gasteiger charge is 2.05. The van der Waals surface area contributed by atoms with Crippen molar-refractivity contribution < 1.29 is 4.79 Å². The smallest absolute Gasteiger partial charge is 0.174 e. The molecule has 1 heterocycles. The Balaban J connectivity index is 0.00000144. The van der Waals surface area contributed by atoms with Gasteiger partial charge < -0.3 is 4.90 Å². The van der Waals surface area contributed by atoms with Crippen molar-refractivity contribution in [1.29, 1.82) is 0 Å². The summed E-state index contributed by atoms with van der Waals surface area (Å²) in [5.74, 6) is 0.249. The fourth-order valence-electron chi connectivity index (χ4n) is 0.886. The molecule has 0 saturated heterocycles. The highest BCUT2D eigenvalue weighted by Crippen LogP contribution is 2.10. The minimum absolute atomic E-state index is 0. The molecule has 0 aliphatic carbocycles. The van der Waals surface area contributed by atoms with E-state index in [4.69, 9.17) is 0 Å². The van der Waals surface area contributed by atoms with Crippen LogP contribution in [0.3, 0.4) is 0 Å². The van der Waals surface area contributed by atoms with E-state index in [1.807, 2.05) is 36.5 Å². The molecular weight excluding hydrogens is 182 g/mol. The largest absolute Gasteiger partial charge is 0.309 e. The molecule has 0 aliphatic heterocycles. The van der Waals surface area contributed by atoms with Crippen LogP contribution in [-0.4, -0.2) is 31.3 Å². The molecule has 0 aliphatic rings. The number of hydrogen-bond acceptors (Lipinski definition) is 3. The van der Waals surface area contributed by atoms with E-state index in [1.165, 1.54) is 11.3 Å². The number of nitrogens with zero attached hydrogens (tertiary/aromatic N) is 1. The normalized spacial score (nSPS) is 9.77. The first kappa shape index (κ1) is 12.3. The third-order valence-corrected chi connectivity index (χ3v) is 2.49. The van der Waals surface area contributed by atoms with Crippen molar-refractivity contribution in [2.75, 3.05) is 20.6 Å². The molecule has 2 nitrogen and oxygen atoms in total. The molecule has 0 atom stereocenters. The summed E-state index contributed by atoms with van der Waals surface area (Å²) >= 11 is 1.51. The lowest BCUT2D eigenvalue weighted by atomic mass is 10.2. The van der Waals surface area contributed by atoms with Gasteiger partial charge in [0.1, 0.15) is 0 Å². The van der Waals surface area contributed by atoms with Crippen molar-refractivity contribution in [3.63, 3.8) is 0 Å². The summed E-state index contributed by atoms with van der Waals surface area (Å²) < 4.78 is 0. The van der Waals surface area contributed by atoms with Gasteiger partial charge >= 0.3 is 0 Å². The van der Waals surface area contributed by atoms with E-state index in [9.17, 15) is 4.79 Å². The Morgan fingerprint density at radius 2 is 2.23 bits per heavy atom. The number of thiophene rings is 1. The number of Topliss-reactive ketones (excluding diaryl/α,β-unsaturated/α-hetero) is 1. The molecule has 13 heavy (non-hydrogen) atoms. The molecule has 0 amide bonds. The molecule has 74 valence electrons. The van der Waals surface area contributed by atoms with Gasteiger partial charge in [-0.1, -0.05) is 13.5 Å². The molecule has 0 fully saturated rings. The average Bonchev–Trinajstić information content (AvgIpc) is 2.51. The highest BCUT2D eigenvalue weighted by molar-refractivity contribution is 7.12. The van der Waals surface area contributed by atoms with Gasteiger partial charge in [0.15, 0.2) is 5.78 Å². The lowest BCUT2D eigenvalue weighted by Gasteiger charge is -2.06. The third kappa shape index (κ3) is 4.20. The van der Waals surface area contributed by atoms with E-state index < -0.39 is 0 Å². The Labute approximate surface area is 84.2 Å². The molecule has 1 rings (SSSR count). The van der Waals surface area contributed by atoms with Crippen LogP contribution in [0, 0.1) is 0 Å². The monoisotopic (exact) mass is 199 g/mol. The van der Waals surface area contributed by atoms with Crippen molar-refractivity contribution in [3.8, 4) is 0 Å². The van der Waals surface area contributed by atoms with Crippen molar-refractivity contribution in [1.82, 2.24) is 4.90 Å². The Morgan fingerprint density at radius 3 is 2.69 bits per heavy atom. The Kier molecular flexibility index (Phi) is 5.58. The van der Waals surface area contributed by atoms with Crippen molar-refractivity contribution in [3.05, 3.63) is 22.4 Å². The number of ketones is 1. The van der Waals surface area contributed by atoms with Gasteiger partial charge in [0.25, 0.3) is 0 Å². The zero-order chi connectivity index (χ0) is 8.97. The summed E-state index contributed by atoms with van der Waals surface area (Å²) in [6.45, 7) is 0.830. The maximum Gasteiger partial charge on any atom is 0.174 e. The molecular formula is C10H17NOS. The van der Waals surface area contributed by atoms with E-state index in [2.05, 4.69) is 0 Å². The predicted molar refractivity (Wildman–Crippen MR) is 58.6 cm³/mol. The van der Waals surface area contributed by atoms with Gasteiger partial charge in [0.05, 0.1) is 4.88 Å². The first-order valence-electron chi connectivity index (χ1n) is 3.91. The minimum atomic E-state index is 0. The van der Waals surface area contributed by atoms with Crippen LogP contribution < -0.4 is 0 Å². The lowest BCUT2D eigenvalue weighted by Crippen LogP contribution is -2.16. The second-order valence-corrected chi connectivity index (χ2v) is 3.90. The predicted octanol–water partition coefficient (Wildman–Crippen LogP) is 2.52. The Bertz CT molecular complexity index is 241. The fourth-order valence-corrected chi connectivity index (χ4v) is 1.58. The van der Waals surface area contributed by atoms with Crippen LogP contribution in [0.4, 0.5) is 0 Å². The summed E-state index contributed by atoms with van der Waals surface area (Å²) in [5.41, 5.74) is 0. The molecule has 0 N–H and O–H groups in total. The number of rotatable bonds is 4. The van der Waals surface area contributed by atoms with Gasteiger partial charge in [-0.2, -0.15) is 0 Å².